The monoisotopic (exact) mass is 520 g/mol. The summed E-state index contributed by atoms with van der Waals surface area (Å²) in [4.78, 5) is 12.4. The minimum Gasteiger partial charge on any atom is -0.483 e. The van der Waals surface area contributed by atoms with Crippen LogP contribution in [0.25, 0.3) is 0 Å². The van der Waals surface area contributed by atoms with E-state index in [4.69, 9.17) is 14.0 Å². The van der Waals surface area contributed by atoms with E-state index in [-0.39, 0.29) is 17.2 Å². The van der Waals surface area contributed by atoms with Gasteiger partial charge in [-0.15, -0.1) is 13.2 Å². The van der Waals surface area contributed by atoms with Gasteiger partial charge in [-0.25, -0.2) is 4.79 Å². The Balaban J connectivity index is 1.58. The first-order chi connectivity index (χ1) is 16.3. The summed E-state index contributed by atoms with van der Waals surface area (Å²) < 4.78 is 85.1. The Bertz CT molecular complexity index is 1060. The predicted octanol–water partition coefficient (Wildman–Crippen LogP) is 5.25. The van der Waals surface area contributed by atoms with E-state index in [2.05, 4.69) is 4.74 Å². The van der Waals surface area contributed by atoms with Gasteiger partial charge in [0.15, 0.2) is 11.5 Å². The van der Waals surface area contributed by atoms with E-state index in [0.717, 1.165) is 37.0 Å². The number of benzene rings is 1. The van der Waals surface area contributed by atoms with Gasteiger partial charge in [0.05, 0.1) is 5.56 Å². The van der Waals surface area contributed by atoms with E-state index < -0.39 is 46.2 Å². The number of halogens is 3. The van der Waals surface area contributed by atoms with Gasteiger partial charge in [-0.2, -0.15) is 8.42 Å². The minimum absolute atomic E-state index is 0.118. The highest BCUT2D eigenvalue weighted by Crippen LogP contribution is 2.63. The molecule has 0 saturated heterocycles. The van der Waals surface area contributed by atoms with Crippen LogP contribution in [0.15, 0.2) is 18.2 Å². The van der Waals surface area contributed by atoms with Crippen LogP contribution in [0.4, 0.5) is 13.2 Å². The van der Waals surface area contributed by atoms with Crippen molar-refractivity contribution in [2.45, 2.75) is 64.3 Å². The zero-order valence-corrected chi connectivity index (χ0v) is 20.5. The van der Waals surface area contributed by atoms with E-state index in [1.165, 1.54) is 19.3 Å². The van der Waals surface area contributed by atoms with Crippen LogP contribution in [0, 0.1) is 29.6 Å². The molecule has 3 fully saturated rings. The van der Waals surface area contributed by atoms with Crippen molar-refractivity contribution in [3.63, 3.8) is 0 Å². The average Bonchev–Trinajstić information content (AvgIpc) is 3.46. The molecule has 3 aliphatic rings. The summed E-state index contributed by atoms with van der Waals surface area (Å²) in [6.07, 6.45) is 1.38. The lowest BCUT2D eigenvalue weighted by Crippen LogP contribution is -2.45. The number of rotatable bonds is 9. The Labute approximate surface area is 203 Å². The van der Waals surface area contributed by atoms with Crippen LogP contribution < -0.4 is 9.47 Å². The Morgan fingerprint density at radius 2 is 1.80 bits per heavy atom. The molecular formula is C24H31F3O7S. The van der Waals surface area contributed by atoms with Crippen molar-refractivity contribution in [2.24, 2.45) is 29.6 Å². The molecule has 3 aliphatic carbocycles. The number of alkyl halides is 3. The van der Waals surface area contributed by atoms with Gasteiger partial charge in [-0.3, -0.25) is 4.55 Å². The molecule has 2 bridgehead atoms. The number of fused-ring (bicyclic) bond motifs is 5. The molecule has 0 spiro atoms. The summed E-state index contributed by atoms with van der Waals surface area (Å²) in [6.45, 7) is 3.25. The molecule has 0 radical (unpaired) electrons. The summed E-state index contributed by atoms with van der Waals surface area (Å²) in [6, 6.07) is 3.22. The largest absolute Gasteiger partial charge is 0.573 e. The van der Waals surface area contributed by atoms with Crippen LogP contribution in [0.5, 0.6) is 11.5 Å². The van der Waals surface area contributed by atoms with Crippen LogP contribution in [0.2, 0.25) is 0 Å². The summed E-state index contributed by atoms with van der Waals surface area (Å²) in [7, 11) is -4.33. The second kappa shape index (κ2) is 9.46. The van der Waals surface area contributed by atoms with Crippen molar-refractivity contribution in [1.29, 1.82) is 0 Å². The fraction of sp³-hybridized carbons (Fsp3) is 0.708. The summed E-state index contributed by atoms with van der Waals surface area (Å²) in [5.41, 5.74) is -0.878. The van der Waals surface area contributed by atoms with Crippen LogP contribution in [-0.2, 0) is 14.9 Å². The third kappa shape index (κ3) is 5.71. The van der Waals surface area contributed by atoms with E-state index in [1.54, 1.807) is 0 Å². The lowest BCUT2D eigenvalue weighted by molar-refractivity contribution is -0.275. The molecule has 0 aliphatic heterocycles. The maximum atomic E-state index is 13.1. The zero-order chi connectivity index (χ0) is 25.6. The predicted molar refractivity (Wildman–Crippen MR) is 120 cm³/mol. The number of carbonyl (C=O) groups excluding carboxylic acids is 1. The summed E-state index contributed by atoms with van der Waals surface area (Å²) in [5.74, 6) is 0.142. The number of esters is 1. The fourth-order valence-electron chi connectivity index (χ4n) is 6.68. The standard InChI is InChI=1S/C24H31F3O7S/c1-3-23(2,19-12-15-11-18(19)17-6-4-5-16(15)17)33-21-13-14(7-8-20(21)34-24(25,26)27)22(28)32-9-10-35(29,30)31/h7-8,13,15-19H,3-6,9-12H2,1-2H3,(H,29,30,31). The summed E-state index contributed by atoms with van der Waals surface area (Å²) >= 11 is 0. The summed E-state index contributed by atoms with van der Waals surface area (Å²) in [5, 5.41) is 0. The van der Waals surface area contributed by atoms with Gasteiger partial charge in [0.1, 0.15) is 18.0 Å². The molecular weight excluding hydrogens is 489 g/mol. The van der Waals surface area contributed by atoms with E-state index in [0.29, 0.717) is 24.2 Å². The van der Waals surface area contributed by atoms with Crippen molar-refractivity contribution in [2.75, 3.05) is 12.4 Å². The van der Waals surface area contributed by atoms with Crippen LogP contribution in [-0.4, -0.2) is 43.3 Å². The van der Waals surface area contributed by atoms with E-state index in [9.17, 15) is 26.4 Å². The molecule has 35 heavy (non-hydrogen) atoms. The number of carbonyl (C=O) groups is 1. The Hall–Kier alpha value is -2.01. The smallest absolute Gasteiger partial charge is 0.483 e. The quantitative estimate of drug-likeness (QED) is 0.351. The fourth-order valence-corrected chi connectivity index (χ4v) is 6.97. The van der Waals surface area contributed by atoms with Gasteiger partial charge in [-0.05, 0) is 80.9 Å². The first-order valence-corrected chi connectivity index (χ1v) is 13.6. The van der Waals surface area contributed by atoms with Crippen LogP contribution in [0.1, 0.15) is 62.7 Å². The second-order valence-electron chi connectivity index (χ2n) is 10.2. The lowest BCUT2D eigenvalue weighted by Gasteiger charge is -2.43. The van der Waals surface area contributed by atoms with Gasteiger partial charge in [0.25, 0.3) is 10.1 Å². The van der Waals surface area contributed by atoms with E-state index in [1.807, 2.05) is 13.8 Å². The highest BCUT2D eigenvalue weighted by atomic mass is 32.2. The first-order valence-electron chi connectivity index (χ1n) is 12.0. The van der Waals surface area contributed by atoms with Gasteiger partial charge >= 0.3 is 12.3 Å². The first kappa shape index (κ1) is 26.1. The SMILES string of the molecule is CCC(C)(Oc1cc(C(=O)OCCS(=O)(=O)O)ccc1OC(F)(F)F)C1CC2CC1C1CCCC21. The molecule has 1 aromatic carbocycles. The normalized spacial score (nSPS) is 29.5. The Kier molecular flexibility index (Phi) is 7.04. The molecule has 11 heteroatoms. The minimum atomic E-state index is -4.96. The van der Waals surface area contributed by atoms with Gasteiger partial charge in [0, 0.05) is 5.92 Å². The maximum Gasteiger partial charge on any atom is 0.573 e. The molecule has 6 unspecified atom stereocenters. The van der Waals surface area contributed by atoms with Crippen molar-refractivity contribution >= 4 is 16.1 Å². The van der Waals surface area contributed by atoms with Crippen molar-refractivity contribution < 1.29 is 45.1 Å². The Morgan fingerprint density at radius 1 is 1.09 bits per heavy atom. The molecule has 0 amide bonds. The average molecular weight is 521 g/mol. The highest BCUT2D eigenvalue weighted by molar-refractivity contribution is 7.85. The number of hydrogen-bond donors (Lipinski definition) is 1. The van der Waals surface area contributed by atoms with Crippen LogP contribution >= 0.6 is 0 Å². The lowest BCUT2D eigenvalue weighted by atomic mass is 9.68. The third-order valence-electron chi connectivity index (χ3n) is 8.24. The topological polar surface area (TPSA) is 99.1 Å². The second-order valence-corrected chi connectivity index (χ2v) is 11.7. The molecule has 0 aromatic heterocycles. The molecule has 1 N–H and O–H groups in total. The van der Waals surface area contributed by atoms with Crippen LogP contribution in [0.3, 0.4) is 0 Å². The molecule has 1 aromatic rings. The van der Waals surface area contributed by atoms with Gasteiger partial charge in [-0.1, -0.05) is 13.3 Å². The van der Waals surface area contributed by atoms with Crippen molar-refractivity contribution in [1.82, 2.24) is 0 Å². The van der Waals surface area contributed by atoms with Crippen molar-refractivity contribution in [3.8, 4) is 11.5 Å². The Morgan fingerprint density at radius 3 is 2.46 bits per heavy atom. The zero-order valence-electron chi connectivity index (χ0n) is 19.7. The molecule has 3 saturated carbocycles. The molecule has 7 nitrogen and oxygen atoms in total. The van der Waals surface area contributed by atoms with Gasteiger partial charge < -0.3 is 14.2 Å². The molecule has 6 atom stereocenters. The third-order valence-corrected chi connectivity index (χ3v) is 8.92. The maximum absolute atomic E-state index is 13.1. The molecule has 4 rings (SSSR count). The highest BCUT2D eigenvalue weighted by Gasteiger charge is 2.58. The number of hydrogen-bond acceptors (Lipinski definition) is 6. The molecule has 0 heterocycles. The van der Waals surface area contributed by atoms with E-state index >= 15 is 0 Å². The molecule has 196 valence electrons. The number of ether oxygens (including phenoxy) is 3. The van der Waals surface area contributed by atoms with Gasteiger partial charge in [0.2, 0.25) is 0 Å². The van der Waals surface area contributed by atoms with Crippen molar-refractivity contribution in [3.05, 3.63) is 23.8 Å².